The van der Waals surface area contributed by atoms with Crippen molar-refractivity contribution in [3.8, 4) is 0 Å². The molecule has 0 spiro atoms. The van der Waals surface area contributed by atoms with Crippen molar-refractivity contribution in [1.82, 2.24) is 4.90 Å². The highest BCUT2D eigenvalue weighted by Gasteiger charge is 2.30. The second kappa shape index (κ2) is 5.98. The fraction of sp³-hybridized carbons (Fsp3) is 0.462. The number of nitrogens with zero attached hydrogens (tertiary/aromatic N) is 1. The van der Waals surface area contributed by atoms with Crippen molar-refractivity contribution in [2.24, 2.45) is 0 Å². The Kier molecular flexibility index (Phi) is 4.54. The SMILES string of the molecule is C[C@@H]1CO[C@H](CO)CN1C(=O)c1ccc(F)c(Br)c1. The summed E-state index contributed by atoms with van der Waals surface area (Å²) in [5, 5.41) is 9.11. The Bertz CT molecular complexity index is 483. The topological polar surface area (TPSA) is 49.8 Å². The zero-order valence-electron chi connectivity index (χ0n) is 10.5. The summed E-state index contributed by atoms with van der Waals surface area (Å²) in [5.41, 5.74) is 0.415. The second-order valence-corrected chi connectivity index (χ2v) is 5.43. The third-order valence-corrected chi connectivity index (χ3v) is 3.74. The smallest absolute Gasteiger partial charge is 0.254 e. The molecule has 1 aliphatic heterocycles. The molecule has 0 radical (unpaired) electrons. The van der Waals surface area contributed by atoms with Crippen molar-refractivity contribution in [3.63, 3.8) is 0 Å². The molecule has 2 atom stereocenters. The third kappa shape index (κ3) is 3.13. The van der Waals surface area contributed by atoms with Gasteiger partial charge in [-0.1, -0.05) is 0 Å². The molecule has 0 bridgehead atoms. The Hall–Kier alpha value is -0.980. The normalized spacial score (nSPS) is 23.5. The Balaban J connectivity index is 2.19. The van der Waals surface area contributed by atoms with Crippen LogP contribution in [0.1, 0.15) is 17.3 Å². The summed E-state index contributed by atoms with van der Waals surface area (Å²) in [6.07, 6.45) is -0.357. The van der Waals surface area contributed by atoms with E-state index < -0.39 is 5.82 Å². The van der Waals surface area contributed by atoms with Gasteiger partial charge in [0.25, 0.3) is 5.91 Å². The van der Waals surface area contributed by atoms with Crippen LogP contribution in [0, 0.1) is 5.82 Å². The lowest BCUT2D eigenvalue weighted by Crippen LogP contribution is -2.52. The van der Waals surface area contributed by atoms with E-state index >= 15 is 0 Å². The minimum atomic E-state index is -0.403. The molecule has 1 saturated heterocycles. The van der Waals surface area contributed by atoms with Crippen molar-refractivity contribution in [2.75, 3.05) is 19.8 Å². The van der Waals surface area contributed by atoms with E-state index in [0.29, 0.717) is 18.7 Å². The zero-order chi connectivity index (χ0) is 14.0. The first kappa shape index (κ1) is 14.4. The Labute approximate surface area is 119 Å². The molecule has 0 saturated carbocycles. The zero-order valence-corrected chi connectivity index (χ0v) is 12.1. The van der Waals surface area contributed by atoms with Crippen LogP contribution in [0.4, 0.5) is 4.39 Å². The number of morpholine rings is 1. The van der Waals surface area contributed by atoms with Crippen molar-refractivity contribution in [2.45, 2.75) is 19.1 Å². The van der Waals surface area contributed by atoms with Crippen LogP contribution in [0.3, 0.4) is 0 Å². The largest absolute Gasteiger partial charge is 0.394 e. The van der Waals surface area contributed by atoms with Gasteiger partial charge in [-0.15, -0.1) is 0 Å². The van der Waals surface area contributed by atoms with Crippen LogP contribution in [0.15, 0.2) is 22.7 Å². The Morgan fingerprint density at radius 1 is 1.63 bits per heavy atom. The molecule has 1 N–H and O–H groups in total. The molecule has 1 fully saturated rings. The van der Waals surface area contributed by atoms with Gasteiger partial charge in [0.1, 0.15) is 5.82 Å². The first-order valence-electron chi connectivity index (χ1n) is 6.01. The van der Waals surface area contributed by atoms with E-state index in [1.165, 1.54) is 18.2 Å². The summed E-state index contributed by atoms with van der Waals surface area (Å²) >= 11 is 3.07. The van der Waals surface area contributed by atoms with Gasteiger partial charge in [0.05, 0.1) is 29.8 Å². The molecule has 1 aromatic carbocycles. The molecule has 19 heavy (non-hydrogen) atoms. The maximum absolute atomic E-state index is 13.2. The van der Waals surface area contributed by atoms with E-state index in [1.54, 1.807) is 4.90 Å². The number of rotatable bonds is 2. The molecule has 4 nitrogen and oxygen atoms in total. The average Bonchev–Trinajstić information content (AvgIpc) is 2.41. The van der Waals surface area contributed by atoms with E-state index in [9.17, 15) is 9.18 Å². The predicted molar refractivity (Wildman–Crippen MR) is 71.4 cm³/mol. The van der Waals surface area contributed by atoms with Crippen molar-refractivity contribution in [3.05, 3.63) is 34.1 Å². The van der Waals surface area contributed by atoms with Crippen LogP contribution in [0.5, 0.6) is 0 Å². The Morgan fingerprint density at radius 2 is 2.37 bits per heavy atom. The van der Waals surface area contributed by atoms with Crippen LogP contribution >= 0.6 is 15.9 Å². The molecular weight excluding hydrogens is 317 g/mol. The molecule has 1 heterocycles. The molecule has 104 valence electrons. The minimum Gasteiger partial charge on any atom is -0.394 e. The number of aliphatic hydroxyl groups is 1. The van der Waals surface area contributed by atoms with Crippen molar-refractivity contribution in [1.29, 1.82) is 0 Å². The maximum Gasteiger partial charge on any atom is 0.254 e. The number of aliphatic hydroxyl groups excluding tert-OH is 1. The molecule has 0 aromatic heterocycles. The molecular formula is C13H15BrFNO3. The van der Waals surface area contributed by atoms with Gasteiger partial charge >= 0.3 is 0 Å². The van der Waals surface area contributed by atoms with E-state index in [4.69, 9.17) is 9.84 Å². The van der Waals surface area contributed by atoms with Crippen molar-refractivity contribution >= 4 is 21.8 Å². The van der Waals surface area contributed by atoms with Gasteiger partial charge in [-0.3, -0.25) is 4.79 Å². The molecule has 6 heteroatoms. The summed E-state index contributed by atoms with van der Waals surface area (Å²) in [6, 6.07) is 4.11. The molecule has 1 aromatic rings. The number of benzene rings is 1. The van der Waals surface area contributed by atoms with Crippen LogP contribution in [0.25, 0.3) is 0 Å². The van der Waals surface area contributed by atoms with Crippen LogP contribution in [-0.4, -0.2) is 47.8 Å². The lowest BCUT2D eigenvalue weighted by atomic mass is 10.1. The van der Waals surface area contributed by atoms with Crippen LogP contribution in [-0.2, 0) is 4.74 Å². The standard InChI is InChI=1S/C13H15BrFNO3/c1-8-7-19-10(6-17)5-16(8)13(18)9-2-3-12(15)11(14)4-9/h2-4,8,10,17H,5-7H2,1H3/t8-,10+/m1/s1. The monoisotopic (exact) mass is 331 g/mol. The fourth-order valence-electron chi connectivity index (χ4n) is 2.01. The van der Waals surface area contributed by atoms with Crippen molar-refractivity contribution < 1.29 is 19.0 Å². The second-order valence-electron chi connectivity index (χ2n) is 4.57. The summed E-state index contributed by atoms with van der Waals surface area (Å²) < 4.78 is 18.8. The minimum absolute atomic E-state index is 0.0703. The van der Waals surface area contributed by atoms with Gasteiger partial charge in [0.2, 0.25) is 0 Å². The molecule has 0 aliphatic carbocycles. The van der Waals surface area contributed by atoms with Gasteiger partial charge in [0.15, 0.2) is 0 Å². The highest BCUT2D eigenvalue weighted by Crippen LogP contribution is 2.20. The molecule has 0 unspecified atom stereocenters. The van der Waals surface area contributed by atoms with Gasteiger partial charge < -0.3 is 14.7 Å². The van der Waals surface area contributed by atoms with E-state index in [1.807, 2.05) is 6.92 Å². The summed E-state index contributed by atoms with van der Waals surface area (Å²) in [6.45, 7) is 2.48. The van der Waals surface area contributed by atoms with Gasteiger partial charge in [-0.2, -0.15) is 0 Å². The van der Waals surface area contributed by atoms with Crippen LogP contribution < -0.4 is 0 Å². The number of amides is 1. The van der Waals surface area contributed by atoms with Gasteiger partial charge in [-0.05, 0) is 41.1 Å². The fourth-order valence-corrected chi connectivity index (χ4v) is 2.38. The number of ether oxygens (including phenoxy) is 1. The summed E-state index contributed by atoms with van der Waals surface area (Å²) in [7, 11) is 0. The highest BCUT2D eigenvalue weighted by molar-refractivity contribution is 9.10. The third-order valence-electron chi connectivity index (χ3n) is 3.14. The first-order valence-corrected chi connectivity index (χ1v) is 6.80. The lowest BCUT2D eigenvalue weighted by molar-refractivity contribution is -0.0667. The number of carbonyl (C=O) groups excluding carboxylic acids is 1. The van der Waals surface area contributed by atoms with Gasteiger partial charge in [0, 0.05) is 12.1 Å². The first-order chi connectivity index (χ1) is 9.02. The van der Waals surface area contributed by atoms with Crippen LogP contribution in [0.2, 0.25) is 0 Å². The predicted octanol–water partition coefficient (Wildman–Crippen LogP) is 1.81. The van der Waals surface area contributed by atoms with E-state index in [-0.39, 0.29) is 29.1 Å². The summed E-state index contributed by atoms with van der Waals surface area (Å²) in [5.74, 6) is -0.588. The Morgan fingerprint density at radius 3 is 3.00 bits per heavy atom. The van der Waals surface area contributed by atoms with E-state index in [2.05, 4.69) is 15.9 Å². The molecule has 1 amide bonds. The quantitative estimate of drug-likeness (QED) is 0.899. The van der Waals surface area contributed by atoms with Gasteiger partial charge in [-0.25, -0.2) is 4.39 Å². The van der Waals surface area contributed by atoms with E-state index in [0.717, 1.165) is 0 Å². The average molecular weight is 332 g/mol. The molecule has 2 rings (SSSR count). The maximum atomic E-state index is 13.2. The summed E-state index contributed by atoms with van der Waals surface area (Å²) in [4.78, 5) is 14.0. The number of hydrogen-bond donors (Lipinski definition) is 1. The number of halogens is 2. The molecule has 1 aliphatic rings. The highest BCUT2D eigenvalue weighted by atomic mass is 79.9. The lowest BCUT2D eigenvalue weighted by Gasteiger charge is -2.37. The number of hydrogen-bond acceptors (Lipinski definition) is 3. The number of carbonyl (C=O) groups is 1.